The van der Waals surface area contributed by atoms with Crippen molar-refractivity contribution < 1.29 is 14.3 Å². The highest BCUT2D eigenvalue weighted by Crippen LogP contribution is 2.15. The van der Waals surface area contributed by atoms with E-state index < -0.39 is 0 Å². The maximum atomic E-state index is 11.9. The Bertz CT molecular complexity index is 330. The average Bonchev–Trinajstić information content (AvgIpc) is 2.15. The molecule has 2 unspecified atom stereocenters. The van der Waals surface area contributed by atoms with Crippen LogP contribution in [0.5, 0.6) is 0 Å². The van der Waals surface area contributed by atoms with Crippen molar-refractivity contribution in [2.24, 2.45) is 0 Å². The first-order valence-corrected chi connectivity index (χ1v) is 6.12. The third kappa shape index (κ3) is 4.30. The van der Waals surface area contributed by atoms with Crippen molar-refractivity contribution in [2.75, 3.05) is 13.2 Å². The van der Waals surface area contributed by atoms with E-state index in [1.165, 1.54) is 0 Å². The molecule has 1 aliphatic heterocycles. The molecule has 0 aromatic heterocycles. The quantitative estimate of drug-likeness (QED) is 0.586. The van der Waals surface area contributed by atoms with Crippen LogP contribution in [0.1, 0.15) is 20.3 Å². The lowest BCUT2D eigenvalue weighted by molar-refractivity contribution is -0.145. The number of ether oxygens (including phenoxy) is 1. The molecule has 0 aromatic carbocycles. The molecule has 2 atom stereocenters. The van der Waals surface area contributed by atoms with Gasteiger partial charge in [-0.3, -0.25) is 9.59 Å². The second-order valence-electron chi connectivity index (χ2n) is 4.11. The van der Waals surface area contributed by atoms with Gasteiger partial charge in [-0.05, 0) is 13.8 Å². The van der Waals surface area contributed by atoms with Crippen molar-refractivity contribution in [3.05, 3.63) is 10.6 Å². The van der Waals surface area contributed by atoms with Gasteiger partial charge in [-0.15, -0.1) is 0 Å². The minimum absolute atomic E-state index is 0.0190. The largest absolute Gasteiger partial charge is 0.377 e. The molecular weight excluding hydrogens is 265 g/mol. The van der Waals surface area contributed by atoms with E-state index in [4.69, 9.17) is 27.9 Å². The fourth-order valence-corrected chi connectivity index (χ4v) is 2.15. The number of carbonyl (C=O) groups is 2. The second-order valence-corrected chi connectivity index (χ2v) is 5.12. The van der Waals surface area contributed by atoms with E-state index in [0.29, 0.717) is 13.2 Å². The van der Waals surface area contributed by atoms with Crippen molar-refractivity contribution in [1.82, 2.24) is 4.90 Å². The van der Waals surface area contributed by atoms with Crippen molar-refractivity contribution in [3.8, 4) is 0 Å². The minimum Gasteiger partial charge on any atom is -0.377 e. The summed E-state index contributed by atoms with van der Waals surface area (Å²) in [7, 11) is 0. The van der Waals surface area contributed by atoms with E-state index in [0.717, 1.165) is 6.08 Å². The molecule has 0 saturated carbocycles. The van der Waals surface area contributed by atoms with Crippen LogP contribution in [0.3, 0.4) is 0 Å². The Balaban J connectivity index is 2.62. The zero-order valence-electron chi connectivity index (χ0n) is 9.78. The van der Waals surface area contributed by atoms with Crippen LogP contribution in [-0.4, -0.2) is 41.9 Å². The Morgan fingerprint density at radius 1 is 1.29 bits per heavy atom. The molecule has 1 rings (SSSR count). The number of carbonyl (C=O) groups excluding carboxylic acids is 2. The van der Waals surface area contributed by atoms with Crippen LogP contribution in [0, 0.1) is 0 Å². The molecule has 0 N–H and O–H groups in total. The van der Waals surface area contributed by atoms with E-state index in [-0.39, 0.29) is 34.7 Å². The summed E-state index contributed by atoms with van der Waals surface area (Å²) in [6.07, 6.45) is 0.842. The summed E-state index contributed by atoms with van der Waals surface area (Å²) < 4.78 is 5.18. The molecule has 1 fully saturated rings. The van der Waals surface area contributed by atoms with Gasteiger partial charge in [-0.1, -0.05) is 23.2 Å². The number of ketones is 1. The van der Waals surface area contributed by atoms with Gasteiger partial charge in [0, 0.05) is 6.08 Å². The van der Waals surface area contributed by atoms with Crippen molar-refractivity contribution >= 4 is 34.9 Å². The molecule has 1 heterocycles. The van der Waals surface area contributed by atoms with Gasteiger partial charge >= 0.3 is 0 Å². The lowest BCUT2D eigenvalue weighted by Crippen LogP contribution is -2.52. The fourth-order valence-electron chi connectivity index (χ4n) is 1.91. The summed E-state index contributed by atoms with van der Waals surface area (Å²) in [5.74, 6) is -0.606. The van der Waals surface area contributed by atoms with Crippen molar-refractivity contribution in [1.29, 1.82) is 0 Å². The number of morpholine rings is 1. The second kappa shape index (κ2) is 6.38. The minimum atomic E-state index is -0.388. The van der Waals surface area contributed by atoms with E-state index in [9.17, 15) is 9.59 Å². The van der Waals surface area contributed by atoms with Crippen molar-refractivity contribution in [2.45, 2.75) is 32.4 Å². The molecule has 1 aliphatic rings. The first-order chi connectivity index (χ1) is 7.91. The van der Waals surface area contributed by atoms with Gasteiger partial charge in [0.2, 0.25) is 5.91 Å². The van der Waals surface area contributed by atoms with Gasteiger partial charge in [-0.25, -0.2) is 0 Å². The normalized spacial score (nSPS) is 24.4. The van der Waals surface area contributed by atoms with Crippen LogP contribution >= 0.6 is 23.2 Å². The smallest absolute Gasteiger partial charge is 0.231 e. The monoisotopic (exact) mass is 279 g/mol. The number of amides is 1. The standard InChI is InChI=1S/C11H15Cl2NO3/c1-7-5-17-6-8(2)14(7)11(16)4-9(15)3-10(12)13/h3,7-8H,4-6H2,1-2H3. The molecule has 0 spiro atoms. The predicted molar refractivity (Wildman–Crippen MR) is 66.0 cm³/mol. The molecular formula is C11H15Cl2NO3. The SMILES string of the molecule is CC1COCC(C)N1C(=O)CC(=O)C=C(Cl)Cl. The molecule has 6 heteroatoms. The molecule has 0 bridgehead atoms. The van der Waals surface area contributed by atoms with E-state index in [1.807, 2.05) is 13.8 Å². The topological polar surface area (TPSA) is 46.6 Å². The number of rotatable bonds is 3. The first-order valence-electron chi connectivity index (χ1n) is 5.36. The summed E-state index contributed by atoms with van der Waals surface area (Å²) >= 11 is 10.7. The van der Waals surface area contributed by atoms with Gasteiger partial charge in [-0.2, -0.15) is 0 Å². The van der Waals surface area contributed by atoms with E-state index >= 15 is 0 Å². The molecule has 0 aliphatic carbocycles. The summed E-state index contributed by atoms with van der Waals surface area (Å²) in [5.41, 5.74) is 0. The van der Waals surface area contributed by atoms with Crippen LogP contribution < -0.4 is 0 Å². The molecule has 0 aromatic rings. The van der Waals surface area contributed by atoms with Gasteiger partial charge in [0.15, 0.2) is 5.78 Å². The molecule has 4 nitrogen and oxygen atoms in total. The Morgan fingerprint density at radius 3 is 2.29 bits per heavy atom. The summed E-state index contributed by atoms with van der Waals surface area (Å²) in [4.78, 5) is 25.0. The van der Waals surface area contributed by atoms with Crippen LogP contribution in [0.4, 0.5) is 0 Å². The number of hydrogen-bond donors (Lipinski definition) is 0. The van der Waals surface area contributed by atoms with Gasteiger partial charge < -0.3 is 9.64 Å². The molecule has 1 saturated heterocycles. The highest BCUT2D eigenvalue weighted by atomic mass is 35.5. The predicted octanol–water partition coefficient (Wildman–Crippen LogP) is 1.90. The molecule has 1 amide bonds. The lowest BCUT2D eigenvalue weighted by Gasteiger charge is -2.38. The van der Waals surface area contributed by atoms with E-state index in [2.05, 4.69) is 0 Å². The summed E-state index contributed by atoms with van der Waals surface area (Å²) in [6.45, 7) is 4.78. The zero-order chi connectivity index (χ0) is 13.0. The van der Waals surface area contributed by atoms with Crippen LogP contribution in [0.2, 0.25) is 0 Å². The molecule has 0 radical (unpaired) electrons. The fraction of sp³-hybridized carbons (Fsp3) is 0.636. The van der Waals surface area contributed by atoms with Crippen molar-refractivity contribution in [3.63, 3.8) is 0 Å². The summed E-state index contributed by atoms with van der Waals surface area (Å²) in [5, 5.41) is 0. The third-order valence-corrected chi connectivity index (χ3v) is 2.77. The van der Waals surface area contributed by atoms with Crippen LogP contribution in [-0.2, 0) is 14.3 Å². The Kier molecular flexibility index (Phi) is 5.43. The van der Waals surface area contributed by atoms with Gasteiger partial charge in [0.25, 0.3) is 0 Å². The molecule has 96 valence electrons. The number of halogens is 2. The Hall–Kier alpha value is -0.580. The molecule has 17 heavy (non-hydrogen) atoms. The highest BCUT2D eigenvalue weighted by Gasteiger charge is 2.30. The highest BCUT2D eigenvalue weighted by molar-refractivity contribution is 6.56. The van der Waals surface area contributed by atoms with Gasteiger partial charge in [0.05, 0.1) is 31.7 Å². The van der Waals surface area contributed by atoms with Gasteiger partial charge in [0.1, 0.15) is 4.49 Å². The van der Waals surface area contributed by atoms with Crippen LogP contribution in [0.25, 0.3) is 0 Å². The van der Waals surface area contributed by atoms with E-state index in [1.54, 1.807) is 4.90 Å². The Morgan fingerprint density at radius 2 is 1.82 bits per heavy atom. The zero-order valence-corrected chi connectivity index (χ0v) is 11.3. The first kappa shape index (κ1) is 14.5. The number of nitrogens with zero attached hydrogens (tertiary/aromatic N) is 1. The lowest BCUT2D eigenvalue weighted by atomic mass is 10.1. The third-order valence-electron chi connectivity index (χ3n) is 2.55. The van der Waals surface area contributed by atoms with Crippen LogP contribution in [0.15, 0.2) is 10.6 Å². The summed E-state index contributed by atoms with van der Waals surface area (Å²) in [6, 6.07) is -0.0380. The Labute approximate surface area is 110 Å². The number of hydrogen-bond acceptors (Lipinski definition) is 3. The maximum Gasteiger partial charge on any atom is 0.231 e. The average molecular weight is 280 g/mol. The maximum absolute atomic E-state index is 11.9. The number of allylic oxidation sites excluding steroid dienone is 1.